The second-order valence-corrected chi connectivity index (χ2v) is 5.48. The van der Waals surface area contributed by atoms with E-state index in [0.29, 0.717) is 0 Å². The Kier molecular flexibility index (Phi) is 4.10. The van der Waals surface area contributed by atoms with Crippen LogP contribution >= 0.6 is 11.8 Å². The molecule has 94 valence electrons. The summed E-state index contributed by atoms with van der Waals surface area (Å²) in [7, 11) is 0. The van der Waals surface area contributed by atoms with Crippen LogP contribution in [0.3, 0.4) is 0 Å². The van der Waals surface area contributed by atoms with Gasteiger partial charge in [0.2, 0.25) is 5.91 Å². The maximum absolute atomic E-state index is 11.7. The zero-order chi connectivity index (χ0) is 13.9. The summed E-state index contributed by atoms with van der Waals surface area (Å²) >= 11 is 0.979. The number of hydrogen-bond acceptors (Lipinski definition) is 5. The Bertz CT molecular complexity index is 498. The van der Waals surface area contributed by atoms with E-state index >= 15 is 0 Å². The molecule has 0 saturated heterocycles. The van der Waals surface area contributed by atoms with Crippen molar-refractivity contribution in [2.24, 2.45) is 28.0 Å². The van der Waals surface area contributed by atoms with Gasteiger partial charge in [0, 0.05) is 5.41 Å². The van der Waals surface area contributed by atoms with Gasteiger partial charge in [-0.25, -0.2) is 4.99 Å². The first-order valence-electron chi connectivity index (χ1n) is 5.17. The molecule has 0 aromatic carbocycles. The maximum atomic E-state index is 11.7. The van der Waals surface area contributed by atoms with Gasteiger partial charge in [-0.3, -0.25) is 9.59 Å². The number of nitriles is 2. The van der Waals surface area contributed by atoms with Crippen LogP contribution in [0.1, 0.15) is 13.8 Å². The first-order valence-corrected chi connectivity index (χ1v) is 6.16. The third kappa shape index (κ3) is 2.52. The van der Waals surface area contributed by atoms with Crippen LogP contribution in [0.2, 0.25) is 0 Å². The molecule has 1 rings (SSSR count). The molecule has 18 heavy (non-hydrogen) atoms. The van der Waals surface area contributed by atoms with Crippen molar-refractivity contribution in [1.82, 2.24) is 0 Å². The standard InChI is InChI=1S/C11H12N4O2S/c1-11(2)6(3-12)9(17)15-10(7(11)4-13)18-5-8(14)16/h6-7H,5H2,1-2H3,(H2,14,16). The monoisotopic (exact) mass is 264 g/mol. The largest absolute Gasteiger partial charge is 0.369 e. The van der Waals surface area contributed by atoms with E-state index in [-0.39, 0.29) is 10.8 Å². The topological polar surface area (TPSA) is 120 Å². The molecule has 2 amide bonds. The Labute approximate surface area is 109 Å². The number of nitrogens with zero attached hydrogens (tertiary/aromatic N) is 3. The fourth-order valence-corrected chi connectivity index (χ4v) is 2.71. The molecule has 0 aliphatic carbocycles. The zero-order valence-electron chi connectivity index (χ0n) is 10.0. The minimum absolute atomic E-state index is 0.0441. The van der Waals surface area contributed by atoms with Crippen LogP contribution in [-0.4, -0.2) is 22.6 Å². The van der Waals surface area contributed by atoms with E-state index in [9.17, 15) is 14.9 Å². The second-order valence-electron chi connectivity index (χ2n) is 4.49. The Morgan fingerprint density at radius 1 is 1.44 bits per heavy atom. The van der Waals surface area contributed by atoms with Crippen LogP contribution in [0.4, 0.5) is 0 Å². The fourth-order valence-electron chi connectivity index (χ4n) is 1.74. The summed E-state index contributed by atoms with van der Waals surface area (Å²) in [6.07, 6.45) is 0. The van der Waals surface area contributed by atoms with E-state index < -0.39 is 29.1 Å². The Morgan fingerprint density at radius 3 is 2.44 bits per heavy atom. The van der Waals surface area contributed by atoms with Gasteiger partial charge in [-0.1, -0.05) is 25.6 Å². The number of hydrogen-bond donors (Lipinski definition) is 1. The number of carbonyl (C=O) groups excluding carboxylic acids is 2. The van der Waals surface area contributed by atoms with Crippen molar-refractivity contribution < 1.29 is 9.59 Å². The quantitative estimate of drug-likeness (QED) is 0.776. The normalized spacial score (nSPS) is 25.8. The van der Waals surface area contributed by atoms with Crippen LogP contribution in [0.15, 0.2) is 4.99 Å². The van der Waals surface area contributed by atoms with Gasteiger partial charge >= 0.3 is 0 Å². The highest BCUT2D eigenvalue weighted by molar-refractivity contribution is 8.14. The molecule has 1 aliphatic heterocycles. The van der Waals surface area contributed by atoms with Gasteiger partial charge in [-0.15, -0.1) is 0 Å². The van der Waals surface area contributed by atoms with Crippen molar-refractivity contribution in [2.45, 2.75) is 13.8 Å². The zero-order valence-corrected chi connectivity index (χ0v) is 10.8. The van der Waals surface area contributed by atoms with Crippen LogP contribution in [0.5, 0.6) is 0 Å². The maximum Gasteiger partial charge on any atom is 0.264 e. The van der Waals surface area contributed by atoms with Gasteiger partial charge in [0.05, 0.1) is 22.9 Å². The minimum Gasteiger partial charge on any atom is -0.369 e. The van der Waals surface area contributed by atoms with E-state index in [1.807, 2.05) is 12.1 Å². The lowest BCUT2D eigenvalue weighted by atomic mass is 9.69. The van der Waals surface area contributed by atoms with Gasteiger partial charge in [0.25, 0.3) is 5.91 Å². The van der Waals surface area contributed by atoms with Gasteiger partial charge in [0.15, 0.2) is 0 Å². The molecule has 0 bridgehead atoms. The van der Waals surface area contributed by atoms with Crippen molar-refractivity contribution in [2.75, 3.05) is 5.75 Å². The van der Waals surface area contributed by atoms with Crippen LogP contribution in [0.25, 0.3) is 0 Å². The molecule has 0 aromatic rings. The smallest absolute Gasteiger partial charge is 0.264 e. The predicted molar refractivity (Wildman–Crippen MR) is 66.1 cm³/mol. The number of thioether (sulfide) groups is 1. The summed E-state index contributed by atoms with van der Waals surface area (Å²) in [6.45, 7) is 3.35. The molecule has 6 nitrogen and oxygen atoms in total. The SMILES string of the molecule is CC1(C)C(C#N)C(=O)N=C(SCC(N)=O)C1C#N. The lowest BCUT2D eigenvalue weighted by molar-refractivity contribution is -0.123. The minimum atomic E-state index is -0.944. The van der Waals surface area contributed by atoms with E-state index in [1.54, 1.807) is 13.8 Å². The Hall–Kier alpha value is -1.86. The molecular formula is C11H12N4O2S. The fraction of sp³-hybridized carbons (Fsp3) is 0.545. The van der Waals surface area contributed by atoms with E-state index in [2.05, 4.69) is 4.99 Å². The molecule has 0 radical (unpaired) electrons. The highest BCUT2D eigenvalue weighted by Crippen LogP contribution is 2.42. The van der Waals surface area contributed by atoms with Gasteiger partial charge < -0.3 is 5.73 Å². The predicted octanol–water partition coefficient (Wildman–Crippen LogP) is 0.449. The summed E-state index contributed by atoms with van der Waals surface area (Å²) in [5.41, 5.74) is 4.19. The number of primary amides is 1. The average molecular weight is 264 g/mol. The van der Waals surface area contributed by atoms with Crippen molar-refractivity contribution in [1.29, 1.82) is 10.5 Å². The molecule has 1 heterocycles. The summed E-state index contributed by atoms with van der Waals surface area (Å²) in [6, 6.07) is 3.93. The summed E-state index contributed by atoms with van der Waals surface area (Å²) in [5, 5.41) is 18.4. The van der Waals surface area contributed by atoms with E-state index in [0.717, 1.165) is 11.8 Å². The van der Waals surface area contributed by atoms with Crippen molar-refractivity contribution in [3.05, 3.63) is 0 Å². The lowest BCUT2D eigenvalue weighted by Crippen LogP contribution is -2.43. The number of carbonyl (C=O) groups is 2. The Balaban J connectivity index is 3.12. The molecule has 2 unspecified atom stereocenters. The number of rotatable bonds is 2. The average Bonchev–Trinajstić information content (AvgIpc) is 2.25. The molecule has 2 N–H and O–H groups in total. The van der Waals surface area contributed by atoms with Gasteiger partial charge in [-0.05, 0) is 0 Å². The molecule has 0 aromatic heterocycles. The van der Waals surface area contributed by atoms with Gasteiger partial charge in [-0.2, -0.15) is 10.5 Å². The van der Waals surface area contributed by atoms with Crippen molar-refractivity contribution in [3.63, 3.8) is 0 Å². The summed E-state index contributed by atoms with van der Waals surface area (Å²) < 4.78 is 0. The number of nitrogens with two attached hydrogens (primary N) is 1. The molecule has 0 spiro atoms. The molecule has 1 aliphatic rings. The molecular weight excluding hydrogens is 252 g/mol. The van der Waals surface area contributed by atoms with Gasteiger partial charge in [0.1, 0.15) is 11.8 Å². The number of amides is 2. The Morgan fingerprint density at radius 2 is 2.00 bits per heavy atom. The molecule has 0 fully saturated rings. The van der Waals surface area contributed by atoms with Crippen LogP contribution in [-0.2, 0) is 9.59 Å². The third-order valence-corrected chi connectivity index (χ3v) is 3.87. The third-order valence-electron chi connectivity index (χ3n) is 2.82. The molecule has 7 heteroatoms. The van der Waals surface area contributed by atoms with Crippen molar-refractivity contribution >= 4 is 28.6 Å². The summed E-state index contributed by atoms with van der Waals surface area (Å²) in [4.78, 5) is 26.2. The highest BCUT2D eigenvalue weighted by Gasteiger charge is 2.48. The van der Waals surface area contributed by atoms with E-state index in [1.165, 1.54) is 0 Å². The summed E-state index contributed by atoms with van der Waals surface area (Å²) in [5.74, 6) is -2.80. The highest BCUT2D eigenvalue weighted by atomic mass is 32.2. The van der Waals surface area contributed by atoms with Crippen molar-refractivity contribution in [3.8, 4) is 12.1 Å². The molecule has 0 saturated carbocycles. The number of aliphatic imine (C=N–C) groups is 1. The van der Waals surface area contributed by atoms with Crippen LogP contribution < -0.4 is 5.73 Å². The second kappa shape index (κ2) is 5.19. The van der Waals surface area contributed by atoms with Crippen LogP contribution in [0, 0.1) is 39.9 Å². The van der Waals surface area contributed by atoms with E-state index in [4.69, 9.17) is 11.0 Å². The first kappa shape index (κ1) is 14.2. The molecule has 2 atom stereocenters. The lowest BCUT2D eigenvalue weighted by Gasteiger charge is -2.35. The first-order chi connectivity index (χ1) is 8.34.